The zero-order valence-electron chi connectivity index (χ0n) is 24.0. The van der Waals surface area contributed by atoms with Gasteiger partial charge in [-0.25, -0.2) is 22.2 Å². The fraction of sp³-hybridized carbons (Fsp3) is 0.136. The number of rotatable bonds is 7. The van der Waals surface area contributed by atoms with Gasteiger partial charge in [0.15, 0.2) is 5.82 Å². The Kier molecular flexibility index (Phi) is 3.62. The molecule has 3 heterocycles. The minimum atomic E-state index is -4.63. The van der Waals surface area contributed by atoms with Crippen LogP contribution in [0.15, 0.2) is 55.0 Å². The van der Waals surface area contributed by atoms with Gasteiger partial charge in [0.25, 0.3) is 0 Å². The number of ketones is 1. The lowest BCUT2D eigenvalue weighted by Crippen LogP contribution is -2.18. The molecule has 0 spiro atoms. The molecule has 0 saturated carbocycles. The average molecular weight is 465 g/mol. The number of anilines is 1. The number of benzene rings is 1. The van der Waals surface area contributed by atoms with Crippen molar-refractivity contribution in [1.82, 2.24) is 15.0 Å². The Morgan fingerprint density at radius 3 is 2.91 bits per heavy atom. The molecule has 0 aliphatic rings. The molecule has 4 aromatic rings. The predicted molar refractivity (Wildman–Crippen MR) is 117 cm³/mol. The highest BCUT2D eigenvalue weighted by atomic mass is 32.2. The maximum Gasteiger partial charge on any atom is 0.232 e. The standard InChI is InChI=1S/C22H18F2N4O3S/c1-2-8-32(30,31)28-18-6-5-17(23)19(20(18)24)21(29)16-12-27-22-15(16)9-14(11-26-22)13-4-3-7-25-10-13/h3-7,9-12,28H,2,8H2,1H3,(H,26,27)/i1D3,5D,6D,9D,11D,12D. The van der Waals surface area contributed by atoms with Crippen molar-refractivity contribution >= 4 is 32.5 Å². The lowest BCUT2D eigenvalue weighted by atomic mass is 10.00. The molecule has 0 radical (unpaired) electrons. The summed E-state index contributed by atoms with van der Waals surface area (Å²) >= 11 is 0. The van der Waals surface area contributed by atoms with Crippen LogP contribution in [-0.2, 0) is 10.0 Å². The van der Waals surface area contributed by atoms with E-state index in [0.29, 0.717) is 0 Å². The predicted octanol–water partition coefficient (Wildman–Crippen LogP) is 4.29. The molecular weight excluding hydrogens is 438 g/mol. The zero-order valence-corrected chi connectivity index (χ0v) is 16.8. The molecule has 0 atom stereocenters. The van der Waals surface area contributed by atoms with E-state index < -0.39 is 93.8 Å². The lowest BCUT2D eigenvalue weighted by molar-refractivity contribution is 0.103. The second kappa shape index (κ2) is 8.46. The number of nitrogens with zero attached hydrogens (tertiary/aromatic N) is 2. The lowest BCUT2D eigenvalue weighted by Gasteiger charge is -2.11. The van der Waals surface area contributed by atoms with Gasteiger partial charge in [-0.2, -0.15) is 0 Å². The van der Waals surface area contributed by atoms with Gasteiger partial charge in [0, 0.05) is 50.9 Å². The van der Waals surface area contributed by atoms with E-state index >= 15 is 8.78 Å². The van der Waals surface area contributed by atoms with Crippen LogP contribution in [0.4, 0.5) is 14.5 Å². The fourth-order valence-electron chi connectivity index (χ4n) is 2.84. The van der Waals surface area contributed by atoms with Gasteiger partial charge in [-0.05, 0) is 30.6 Å². The summed E-state index contributed by atoms with van der Waals surface area (Å²) in [5, 5.41) is -0.370. The second-order valence-corrected chi connectivity index (χ2v) is 8.28. The van der Waals surface area contributed by atoms with Gasteiger partial charge in [0.05, 0.1) is 23.9 Å². The van der Waals surface area contributed by atoms with Gasteiger partial charge in [-0.1, -0.05) is 12.9 Å². The van der Waals surface area contributed by atoms with Crippen molar-refractivity contribution in [2.75, 3.05) is 10.5 Å². The first-order valence-corrected chi connectivity index (χ1v) is 10.6. The Morgan fingerprint density at radius 1 is 1.31 bits per heavy atom. The van der Waals surface area contributed by atoms with Crippen LogP contribution in [-0.4, -0.2) is 34.9 Å². The SMILES string of the molecule is [2H]c1nc2[nH]c([2H])c(C(=O)c3c(F)c([2H])c([2H])c(NS(=O)(=O)CCC([2H])([2H])[2H])c3F)c2c([2H])c1-c1cccnc1. The molecule has 2 N–H and O–H groups in total. The fourth-order valence-corrected chi connectivity index (χ4v) is 3.67. The molecule has 0 amide bonds. The number of H-pyrrole nitrogens is 1. The molecule has 164 valence electrons. The van der Waals surface area contributed by atoms with Crippen molar-refractivity contribution in [3.63, 3.8) is 0 Å². The molecule has 0 unspecified atom stereocenters. The number of pyridine rings is 2. The van der Waals surface area contributed by atoms with Gasteiger partial charge in [-0.3, -0.25) is 14.5 Å². The summed E-state index contributed by atoms with van der Waals surface area (Å²) < 4.78 is 119. The van der Waals surface area contributed by atoms with E-state index in [0.717, 1.165) is 0 Å². The third-order valence-corrected chi connectivity index (χ3v) is 5.57. The summed E-state index contributed by atoms with van der Waals surface area (Å²) in [5.74, 6) is -6.29. The number of aromatic nitrogens is 3. The van der Waals surface area contributed by atoms with Crippen LogP contribution >= 0.6 is 0 Å². The van der Waals surface area contributed by atoms with E-state index in [2.05, 4.69) is 15.0 Å². The molecule has 32 heavy (non-hydrogen) atoms. The number of nitrogens with one attached hydrogen (secondary N) is 2. The van der Waals surface area contributed by atoms with E-state index in [-0.39, 0.29) is 22.2 Å². The third kappa shape index (κ3) is 4.09. The van der Waals surface area contributed by atoms with Crippen molar-refractivity contribution in [2.24, 2.45) is 0 Å². The van der Waals surface area contributed by atoms with E-state index in [1.165, 1.54) is 24.5 Å². The van der Waals surface area contributed by atoms with Crippen LogP contribution in [0.5, 0.6) is 0 Å². The molecule has 0 fully saturated rings. The Bertz CT molecular complexity index is 1780. The number of halogens is 2. The second-order valence-electron chi connectivity index (χ2n) is 6.44. The zero-order chi connectivity index (χ0) is 29.7. The van der Waals surface area contributed by atoms with Gasteiger partial charge in [0.2, 0.25) is 15.8 Å². The summed E-state index contributed by atoms with van der Waals surface area (Å²) in [5.41, 5.74) is -3.62. The number of sulfonamides is 1. The summed E-state index contributed by atoms with van der Waals surface area (Å²) in [7, 11) is -4.63. The number of hydrogen-bond donors (Lipinski definition) is 2. The molecule has 3 aromatic heterocycles. The average Bonchev–Trinajstić information content (AvgIpc) is 3.20. The summed E-state index contributed by atoms with van der Waals surface area (Å²) in [6, 6.07) is -0.0739. The molecule has 0 aliphatic heterocycles. The first kappa shape index (κ1) is 13.7. The largest absolute Gasteiger partial charge is 0.345 e. The van der Waals surface area contributed by atoms with E-state index in [1.807, 2.05) is 0 Å². The Hall–Kier alpha value is -3.66. The van der Waals surface area contributed by atoms with Crippen LogP contribution in [0.3, 0.4) is 0 Å². The molecule has 7 nitrogen and oxygen atoms in total. The van der Waals surface area contributed by atoms with Crippen LogP contribution in [0.1, 0.15) is 40.2 Å². The van der Waals surface area contributed by atoms with Crippen molar-refractivity contribution in [2.45, 2.75) is 13.3 Å². The highest BCUT2D eigenvalue weighted by molar-refractivity contribution is 7.92. The summed E-state index contributed by atoms with van der Waals surface area (Å²) in [6.07, 6.45) is 0.766. The first-order chi connectivity index (χ1) is 18.5. The van der Waals surface area contributed by atoms with Crippen molar-refractivity contribution in [3.8, 4) is 11.1 Å². The van der Waals surface area contributed by atoms with E-state index in [1.54, 1.807) is 4.72 Å². The number of fused-ring (bicyclic) bond motifs is 1. The van der Waals surface area contributed by atoms with Crippen molar-refractivity contribution in [3.05, 3.63) is 77.8 Å². The number of carbonyl (C=O) groups is 1. The minimum Gasteiger partial charge on any atom is -0.345 e. The maximum absolute atomic E-state index is 15.6. The smallest absolute Gasteiger partial charge is 0.232 e. The van der Waals surface area contributed by atoms with Gasteiger partial charge in [0.1, 0.15) is 11.5 Å². The Balaban J connectivity index is 1.91. The Morgan fingerprint density at radius 2 is 2.16 bits per heavy atom. The number of hydrogen-bond acceptors (Lipinski definition) is 5. The normalized spacial score (nSPS) is 15.6. The van der Waals surface area contributed by atoms with Crippen LogP contribution in [0.25, 0.3) is 22.2 Å². The van der Waals surface area contributed by atoms with E-state index in [4.69, 9.17) is 11.0 Å². The topological polar surface area (TPSA) is 105 Å². The Labute approximate surface area is 193 Å². The van der Waals surface area contributed by atoms with Crippen molar-refractivity contribution < 1.29 is 33.0 Å². The van der Waals surface area contributed by atoms with Crippen LogP contribution < -0.4 is 4.72 Å². The summed E-state index contributed by atoms with van der Waals surface area (Å²) in [6.45, 7) is -2.66. The van der Waals surface area contributed by atoms with Gasteiger partial charge < -0.3 is 4.98 Å². The van der Waals surface area contributed by atoms with Crippen LogP contribution in [0.2, 0.25) is 0 Å². The quantitative estimate of drug-likeness (QED) is 0.397. The molecule has 0 saturated heterocycles. The highest BCUT2D eigenvalue weighted by Gasteiger charge is 2.26. The third-order valence-electron chi connectivity index (χ3n) is 4.31. The molecular formula is C22H18F2N4O3S. The van der Waals surface area contributed by atoms with Gasteiger partial charge in [-0.15, -0.1) is 0 Å². The molecule has 1 aromatic carbocycles. The number of carbonyl (C=O) groups excluding carboxylic acids is 1. The summed E-state index contributed by atoms with van der Waals surface area (Å²) in [4.78, 5) is 23.8. The van der Waals surface area contributed by atoms with E-state index in [9.17, 15) is 13.2 Å². The molecule has 0 bridgehead atoms. The molecule has 4 rings (SSSR count). The monoisotopic (exact) mass is 464 g/mol. The van der Waals surface area contributed by atoms with Gasteiger partial charge >= 0.3 is 0 Å². The molecule has 0 aliphatic carbocycles. The maximum atomic E-state index is 15.6. The first-order valence-electron chi connectivity index (χ1n) is 13.0. The minimum absolute atomic E-state index is 0.0972. The van der Waals surface area contributed by atoms with Crippen LogP contribution in [0, 0.1) is 11.6 Å². The number of aromatic amines is 1. The highest BCUT2D eigenvalue weighted by Crippen LogP contribution is 2.29. The molecule has 10 heteroatoms. The van der Waals surface area contributed by atoms with Crippen molar-refractivity contribution in [1.29, 1.82) is 0 Å².